The Hall–Kier alpha value is -2.82. The Morgan fingerprint density at radius 3 is 2.10 bits per heavy atom. The average molecular weight is 395 g/mol. The average Bonchev–Trinajstić information content (AvgIpc) is 3.22. The zero-order valence-electron chi connectivity index (χ0n) is 17.7. The third-order valence-corrected chi connectivity index (χ3v) is 5.20. The molecule has 3 rings (SSSR count). The Balaban J connectivity index is 1.55. The van der Waals surface area contributed by atoms with Crippen LogP contribution in [0, 0.1) is 0 Å². The van der Waals surface area contributed by atoms with Crippen molar-refractivity contribution < 1.29 is 14.3 Å². The highest BCUT2D eigenvalue weighted by Gasteiger charge is 2.20. The van der Waals surface area contributed by atoms with Gasteiger partial charge in [-0.3, -0.25) is 9.59 Å². The number of amides is 2. The van der Waals surface area contributed by atoms with Gasteiger partial charge in [-0.15, -0.1) is 0 Å². The largest absolute Gasteiger partial charge is 0.481 e. The van der Waals surface area contributed by atoms with Crippen LogP contribution >= 0.6 is 0 Å². The number of likely N-dealkylation sites (tertiary alicyclic amines) is 1. The first-order valence-electron chi connectivity index (χ1n) is 10.2. The summed E-state index contributed by atoms with van der Waals surface area (Å²) in [6.45, 7) is 9.83. The summed E-state index contributed by atoms with van der Waals surface area (Å²) in [6.07, 6.45) is 1.49. The van der Waals surface area contributed by atoms with Crippen molar-refractivity contribution in [3.05, 3.63) is 59.7 Å². The predicted molar refractivity (Wildman–Crippen MR) is 115 cm³/mol. The molecule has 0 saturated carbocycles. The Kier molecular flexibility index (Phi) is 6.26. The molecule has 0 radical (unpaired) electrons. The van der Waals surface area contributed by atoms with E-state index >= 15 is 0 Å². The van der Waals surface area contributed by atoms with Crippen LogP contribution in [0.2, 0.25) is 0 Å². The summed E-state index contributed by atoms with van der Waals surface area (Å²) in [5, 5.41) is 2.84. The van der Waals surface area contributed by atoms with Crippen LogP contribution in [0.4, 0.5) is 5.69 Å². The molecule has 1 saturated heterocycles. The molecule has 5 nitrogen and oxygen atoms in total. The van der Waals surface area contributed by atoms with Gasteiger partial charge in [-0.2, -0.15) is 0 Å². The fraction of sp³-hybridized carbons (Fsp3) is 0.417. The highest BCUT2D eigenvalue weighted by molar-refractivity contribution is 5.97. The van der Waals surface area contributed by atoms with Crippen LogP contribution in [0.15, 0.2) is 48.5 Å². The standard InChI is InChI=1S/C24H30N2O3/c1-17(29-21-13-9-19(10-14-21)24(2,3)4)22(27)25-20-11-7-18(8-12-20)23(28)26-15-5-6-16-26/h7-14,17H,5-6,15-16H2,1-4H3,(H,25,27). The van der Waals surface area contributed by atoms with Crippen LogP contribution < -0.4 is 10.1 Å². The molecule has 1 unspecified atom stereocenters. The van der Waals surface area contributed by atoms with E-state index in [0.29, 0.717) is 17.0 Å². The maximum absolute atomic E-state index is 12.5. The van der Waals surface area contributed by atoms with Crippen LogP contribution in [0.1, 0.15) is 56.5 Å². The molecule has 1 aliphatic heterocycles. The topological polar surface area (TPSA) is 58.6 Å². The number of anilines is 1. The molecular formula is C24H30N2O3. The summed E-state index contributed by atoms with van der Waals surface area (Å²) in [5.74, 6) is 0.478. The Morgan fingerprint density at radius 1 is 0.966 bits per heavy atom. The van der Waals surface area contributed by atoms with Gasteiger partial charge in [0.05, 0.1) is 0 Å². The van der Waals surface area contributed by atoms with Crippen LogP contribution in [-0.2, 0) is 10.2 Å². The Morgan fingerprint density at radius 2 is 1.55 bits per heavy atom. The summed E-state index contributed by atoms with van der Waals surface area (Å²) < 4.78 is 5.77. The number of benzene rings is 2. The molecule has 1 aliphatic rings. The van der Waals surface area contributed by atoms with Crippen molar-refractivity contribution in [1.29, 1.82) is 0 Å². The van der Waals surface area contributed by atoms with Gasteiger partial charge in [-0.25, -0.2) is 0 Å². The molecule has 1 N–H and O–H groups in total. The quantitative estimate of drug-likeness (QED) is 0.805. The van der Waals surface area contributed by atoms with E-state index in [4.69, 9.17) is 4.74 Å². The summed E-state index contributed by atoms with van der Waals surface area (Å²) in [5.41, 5.74) is 2.58. The van der Waals surface area contributed by atoms with Crippen molar-refractivity contribution in [2.45, 2.75) is 52.1 Å². The van der Waals surface area contributed by atoms with Crippen molar-refractivity contribution in [2.75, 3.05) is 18.4 Å². The minimum atomic E-state index is -0.638. The second-order valence-electron chi connectivity index (χ2n) is 8.60. The third-order valence-electron chi connectivity index (χ3n) is 5.20. The molecule has 2 aromatic carbocycles. The number of carbonyl (C=O) groups is 2. The number of ether oxygens (including phenoxy) is 1. The molecule has 1 fully saturated rings. The van der Waals surface area contributed by atoms with Gasteiger partial charge in [0.2, 0.25) is 0 Å². The van der Waals surface area contributed by atoms with E-state index in [9.17, 15) is 9.59 Å². The van der Waals surface area contributed by atoms with Gasteiger partial charge in [-0.1, -0.05) is 32.9 Å². The molecular weight excluding hydrogens is 364 g/mol. The molecule has 1 heterocycles. The summed E-state index contributed by atoms with van der Waals surface area (Å²) in [6, 6.07) is 14.9. The first-order chi connectivity index (χ1) is 13.7. The van der Waals surface area contributed by atoms with Crippen molar-refractivity contribution in [1.82, 2.24) is 4.90 Å². The molecule has 29 heavy (non-hydrogen) atoms. The SMILES string of the molecule is CC(Oc1ccc(C(C)(C)C)cc1)C(=O)Nc1ccc(C(=O)N2CCCC2)cc1. The van der Waals surface area contributed by atoms with Gasteiger partial charge in [-0.05, 0) is 67.1 Å². The Bertz CT molecular complexity index is 845. The van der Waals surface area contributed by atoms with Gasteiger partial charge in [0.15, 0.2) is 6.10 Å². The number of nitrogens with one attached hydrogen (secondary N) is 1. The first-order valence-corrected chi connectivity index (χ1v) is 10.2. The van der Waals surface area contributed by atoms with Crippen molar-refractivity contribution in [3.63, 3.8) is 0 Å². The highest BCUT2D eigenvalue weighted by Crippen LogP contribution is 2.25. The summed E-state index contributed by atoms with van der Waals surface area (Å²) >= 11 is 0. The normalized spacial score (nSPS) is 15.1. The maximum Gasteiger partial charge on any atom is 0.265 e. The first kappa shape index (κ1) is 20.9. The number of nitrogens with zero attached hydrogens (tertiary/aromatic N) is 1. The monoisotopic (exact) mass is 394 g/mol. The van der Waals surface area contributed by atoms with E-state index in [-0.39, 0.29) is 17.2 Å². The molecule has 5 heteroatoms. The second kappa shape index (κ2) is 8.68. The van der Waals surface area contributed by atoms with Crippen LogP contribution in [0.25, 0.3) is 0 Å². The predicted octanol–water partition coefficient (Wildman–Crippen LogP) is 4.63. The van der Waals surface area contributed by atoms with Crippen molar-refractivity contribution in [3.8, 4) is 5.75 Å². The van der Waals surface area contributed by atoms with E-state index in [1.807, 2.05) is 29.2 Å². The van der Waals surface area contributed by atoms with E-state index in [1.54, 1.807) is 31.2 Å². The lowest BCUT2D eigenvalue weighted by Crippen LogP contribution is -2.30. The lowest BCUT2D eigenvalue weighted by atomic mass is 9.87. The van der Waals surface area contributed by atoms with Crippen molar-refractivity contribution >= 4 is 17.5 Å². The fourth-order valence-electron chi connectivity index (χ4n) is 3.33. The van der Waals surface area contributed by atoms with Gasteiger partial charge in [0.25, 0.3) is 11.8 Å². The minimum Gasteiger partial charge on any atom is -0.481 e. The summed E-state index contributed by atoms with van der Waals surface area (Å²) in [4.78, 5) is 26.7. The molecule has 0 aromatic heterocycles. The van der Waals surface area contributed by atoms with Gasteiger partial charge < -0.3 is 15.0 Å². The Labute approximate surface area is 173 Å². The third kappa shape index (κ3) is 5.37. The number of hydrogen-bond donors (Lipinski definition) is 1. The zero-order valence-corrected chi connectivity index (χ0v) is 17.7. The number of hydrogen-bond acceptors (Lipinski definition) is 3. The van der Waals surface area contributed by atoms with Crippen LogP contribution in [0.5, 0.6) is 5.75 Å². The smallest absolute Gasteiger partial charge is 0.265 e. The maximum atomic E-state index is 12.5. The van der Waals surface area contributed by atoms with E-state index in [2.05, 4.69) is 26.1 Å². The number of carbonyl (C=O) groups excluding carboxylic acids is 2. The fourth-order valence-corrected chi connectivity index (χ4v) is 3.33. The van der Waals surface area contributed by atoms with Gasteiger partial charge in [0.1, 0.15) is 5.75 Å². The lowest BCUT2D eigenvalue weighted by Gasteiger charge is -2.20. The van der Waals surface area contributed by atoms with E-state index in [0.717, 1.165) is 25.9 Å². The molecule has 1 atom stereocenters. The van der Waals surface area contributed by atoms with Crippen LogP contribution in [0.3, 0.4) is 0 Å². The molecule has 0 aliphatic carbocycles. The molecule has 154 valence electrons. The highest BCUT2D eigenvalue weighted by atomic mass is 16.5. The molecule has 0 spiro atoms. The van der Waals surface area contributed by atoms with Gasteiger partial charge >= 0.3 is 0 Å². The van der Waals surface area contributed by atoms with Crippen molar-refractivity contribution in [2.24, 2.45) is 0 Å². The minimum absolute atomic E-state index is 0.0516. The number of rotatable bonds is 5. The van der Waals surface area contributed by atoms with E-state index in [1.165, 1.54) is 5.56 Å². The van der Waals surface area contributed by atoms with Crippen LogP contribution in [-0.4, -0.2) is 35.9 Å². The molecule has 2 aromatic rings. The zero-order chi connectivity index (χ0) is 21.0. The van der Waals surface area contributed by atoms with E-state index < -0.39 is 6.10 Å². The molecule has 2 amide bonds. The molecule has 0 bridgehead atoms. The van der Waals surface area contributed by atoms with Gasteiger partial charge in [0, 0.05) is 24.3 Å². The summed E-state index contributed by atoms with van der Waals surface area (Å²) in [7, 11) is 0. The lowest BCUT2D eigenvalue weighted by molar-refractivity contribution is -0.122. The second-order valence-corrected chi connectivity index (χ2v) is 8.60.